The number of aromatic nitrogens is 2. The van der Waals surface area contributed by atoms with Gasteiger partial charge < -0.3 is 10.6 Å². The Morgan fingerprint density at radius 2 is 2.17 bits per heavy atom. The van der Waals surface area contributed by atoms with Crippen molar-refractivity contribution >= 4 is 11.7 Å². The van der Waals surface area contributed by atoms with Crippen molar-refractivity contribution in [1.29, 1.82) is 0 Å². The van der Waals surface area contributed by atoms with E-state index in [0.717, 1.165) is 12.3 Å². The van der Waals surface area contributed by atoms with Crippen molar-refractivity contribution in [2.75, 3.05) is 12.4 Å². The van der Waals surface area contributed by atoms with Gasteiger partial charge in [0, 0.05) is 13.1 Å². The van der Waals surface area contributed by atoms with Crippen LogP contribution in [0.2, 0.25) is 0 Å². The van der Waals surface area contributed by atoms with Crippen LogP contribution < -0.4 is 10.6 Å². The molecule has 18 heavy (non-hydrogen) atoms. The number of fused-ring (bicyclic) bond motifs is 2. The van der Waals surface area contributed by atoms with Gasteiger partial charge >= 0.3 is 0 Å². The second kappa shape index (κ2) is 4.55. The highest BCUT2D eigenvalue weighted by molar-refractivity contribution is 5.92. The summed E-state index contributed by atoms with van der Waals surface area (Å²) in [4.78, 5) is 12.0. The number of nitrogens with one attached hydrogen (secondary N) is 2. The number of amides is 1. The fraction of sp³-hybridized carbons (Fsp3) is 0.615. The zero-order chi connectivity index (χ0) is 12.5. The molecule has 1 aromatic rings. The van der Waals surface area contributed by atoms with E-state index in [1.54, 1.807) is 19.2 Å². The van der Waals surface area contributed by atoms with Gasteiger partial charge in [-0.3, -0.25) is 4.79 Å². The molecule has 1 aromatic heterocycles. The molecular weight excluding hydrogens is 228 g/mol. The molecule has 2 bridgehead atoms. The largest absolute Gasteiger partial charge is 0.372 e. The van der Waals surface area contributed by atoms with Crippen molar-refractivity contribution in [3.8, 4) is 0 Å². The van der Waals surface area contributed by atoms with E-state index in [2.05, 4.69) is 20.8 Å². The summed E-state index contributed by atoms with van der Waals surface area (Å²) < 4.78 is 0. The van der Waals surface area contributed by atoms with Crippen LogP contribution in [0.4, 0.5) is 5.82 Å². The van der Waals surface area contributed by atoms with Gasteiger partial charge in [-0.1, -0.05) is 6.42 Å². The van der Waals surface area contributed by atoms with E-state index in [9.17, 15) is 4.79 Å². The molecule has 1 amide bonds. The third-order valence-electron chi connectivity index (χ3n) is 4.21. The molecule has 2 saturated carbocycles. The third kappa shape index (κ3) is 2.05. The molecule has 0 aromatic carbocycles. The Labute approximate surface area is 106 Å². The van der Waals surface area contributed by atoms with Gasteiger partial charge in [-0.05, 0) is 43.2 Å². The van der Waals surface area contributed by atoms with Gasteiger partial charge in [-0.15, -0.1) is 10.2 Å². The molecule has 2 aliphatic carbocycles. The summed E-state index contributed by atoms with van der Waals surface area (Å²) in [6.07, 6.45) is 5.03. The maximum Gasteiger partial charge on any atom is 0.272 e. The van der Waals surface area contributed by atoms with Gasteiger partial charge in [0.2, 0.25) is 0 Å². The Morgan fingerprint density at radius 3 is 2.72 bits per heavy atom. The van der Waals surface area contributed by atoms with Crippen molar-refractivity contribution < 1.29 is 4.79 Å². The smallest absolute Gasteiger partial charge is 0.272 e. The molecule has 0 spiro atoms. The average Bonchev–Trinajstić information content (AvgIpc) is 3.01. The highest BCUT2D eigenvalue weighted by Gasteiger charge is 2.40. The molecule has 2 N–H and O–H groups in total. The minimum atomic E-state index is -0.0947. The summed E-state index contributed by atoms with van der Waals surface area (Å²) in [7, 11) is 1.78. The molecule has 5 nitrogen and oxygen atoms in total. The highest BCUT2D eigenvalue weighted by atomic mass is 16.2. The molecular formula is C13H18N4O. The number of hydrogen-bond acceptors (Lipinski definition) is 4. The maximum absolute atomic E-state index is 12.0. The molecule has 3 unspecified atom stereocenters. The van der Waals surface area contributed by atoms with E-state index in [0.29, 0.717) is 23.5 Å². The third-order valence-corrected chi connectivity index (χ3v) is 4.21. The Kier molecular flexibility index (Phi) is 2.89. The van der Waals surface area contributed by atoms with Crippen molar-refractivity contribution in [3.63, 3.8) is 0 Å². The quantitative estimate of drug-likeness (QED) is 0.847. The number of hydrogen-bond donors (Lipinski definition) is 2. The minimum absolute atomic E-state index is 0.0947. The predicted octanol–water partition coefficient (Wildman–Crippen LogP) is 1.44. The first-order valence-corrected chi connectivity index (χ1v) is 6.58. The molecule has 5 heteroatoms. The monoisotopic (exact) mass is 246 g/mol. The SMILES string of the molecule is CNc1ccc(C(=O)NC2CC3CCC2C3)nn1. The average molecular weight is 246 g/mol. The molecule has 1 heterocycles. The molecule has 3 atom stereocenters. The van der Waals surface area contributed by atoms with Crippen molar-refractivity contribution in [3.05, 3.63) is 17.8 Å². The summed E-state index contributed by atoms with van der Waals surface area (Å²) in [6.45, 7) is 0. The van der Waals surface area contributed by atoms with Crippen LogP contribution in [-0.4, -0.2) is 29.2 Å². The van der Waals surface area contributed by atoms with Crippen molar-refractivity contribution in [1.82, 2.24) is 15.5 Å². The van der Waals surface area contributed by atoms with Crippen LogP contribution >= 0.6 is 0 Å². The zero-order valence-corrected chi connectivity index (χ0v) is 10.5. The first kappa shape index (κ1) is 11.4. The summed E-state index contributed by atoms with van der Waals surface area (Å²) in [5, 5.41) is 13.8. The van der Waals surface area contributed by atoms with Crippen LogP contribution in [0.1, 0.15) is 36.2 Å². The van der Waals surface area contributed by atoms with E-state index in [1.165, 1.54) is 19.3 Å². The number of nitrogens with zero attached hydrogens (tertiary/aromatic N) is 2. The Bertz CT molecular complexity index is 445. The van der Waals surface area contributed by atoms with Crippen molar-refractivity contribution in [2.45, 2.75) is 31.7 Å². The first-order chi connectivity index (χ1) is 8.76. The van der Waals surface area contributed by atoms with E-state index in [4.69, 9.17) is 0 Å². The fourth-order valence-electron chi connectivity index (χ4n) is 3.25. The lowest BCUT2D eigenvalue weighted by Gasteiger charge is -2.22. The minimum Gasteiger partial charge on any atom is -0.372 e. The van der Waals surface area contributed by atoms with Gasteiger partial charge in [0.1, 0.15) is 5.82 Å². The topological polar surface area (TPSA) is 66.9 Å². The Hall–Kier alpha value is -1.65. The number of anilines is 1. The van der Waals surface area contributed by atoms with E-state index in [-0.39, 0.29) is 5.91 Å². The van der Waals surface area contributed by atoms with Gasteiger partial charge in [0.05, 0.1) is 0 Å². The Balaban J connectivity index is 1.64. The van der Waals surface area contributed by atoms with Gasteiger partial charge in [-0.2, -0.15) is 0 Å². The predicted molar refractivity (Wildman–Crippen MR) is 68.3 cm³/mol. The van der Waals surface area contributed by atoms with Crippen LogP contribution in [0, 0.1) is 11.8 Å². The fourth-order valence-corrected chi connectivity index (χ4v) is 3.25. The highest BCUT2D eigenvalue weighted by Crippen LogP contribution is 2.44. The van der Waals surface area contributed by atoms with Gasteiger partial charge in [0.25, 0.3) is 5.91 Å². The number of rotatable bonds is 3. The lowest BCUT2D eigenvalue weighted by molar-refractivity contribution is 0.0917. The van der Waals surface area contributed by atoms with Gasteiger partial charge in [0.15, 0.2) is 5.69 Å². The molecule has 96 valence electrons. The normalized spacial score (nSPS) is 29.3. The zero-order valence-electron chi connectivity index (χ0n) is 10.5. The van der Waals surface area contributed by atoms with Crippen LogP contribution in [0.5, 0.6) is 0 Å². The van der Waals surface area contributed by atoms with Crippen LogP contribution in [0.3, 0.4) is 0 Å². The lowest BCUT2D eigenvalue weighted by Crippen LogP contribution is -2.38. The van der Waals surface area contributed by atoms with E-state index < -0.39 is 0 Å². The van der Waals surface area contributed by atoms with Crippen LogP contribution in [-0.2, 0) is 0 Å². The number of carbonyl (C=O) groups is 1. The molecule has 0 aliphatic heterocycles. The molecule has 0 saturated heterocycles. The van der Waals surface area contributed by atoms with E-state index >= 15 is 0 Å². The Morgan fingerprint density at radius 1 is 1.28 bits per heavy atom. The summed E-state index contributed by atoms with van der Waals surface area (Å²) >= 11 is 0. The van der Waals surface area contributed by atoms with Crippen LogP contribution in [0.15, 0.2) is 12.1 Å². The summed E-state index contributed by atoms with van der Waals surface area (Å²) in [5.74, 6) is 2.09. The standard InChI is InChI=1S/C13H18N4O/c1-14-12-5-4-10(16-17-12)13(18)15-11-7-8-2-3-9(11)6-8/h4-5,8-9,11H,2-3,6-7H2,1H3,(H,14,17)(H,15,18). The van der Waals surface area contributed by atoms with Crippen molar-refractivity contribution in [2.24, 2.45) is 11.8 Å². The molecule has 3 rings (SSSR count). The first-order valence-electron chi connectivity index (χ1n) is 6.58. The molecule has 2 fully saturated rings. The lowest BCUT2D eigenvalue weighted by atomic mass is 9.95. The number of carbonyl (C=O) groups excluding carboxylic acids is 1. The summed E-state index contributed by atoms with van der Waals surface area (Å²) in [6, 6.07) is 3.83. The molecule has 2 aliphatic rings. The van der Waals surface area contributed by atoms with E-state index in [1.807, 2.05) is 0 Å². The second-order valence-corrected chi connectivity index (χ2v) is 5.31. The molecule has 0 radical (unpaired) electrons. The summed E-state index contributed by atoms with van der Waals surface area (Å²) in [5.41, 5.74) is 0.400. The van der Waals surface area contributed by atoms with Gasteiger partial charge in [-0.25, -0.2) is 0 Å². The van der Waals surface area contributed by atoms with Crippen LogP contribution in [0.25, 0.3) is 0 Å². The second-order valence-electron chi connectivity index (χ2n) is 5.31. The maximum atomic E-state index is 12.0.